The molecule has 0 atom stereocenters. The van der Waals surface area contributed by atoms with E-state index in [0.717, 1.165) is 6.07 Å². The Kier molecular flexibility index (Phi) is 5.64. The first-order chi connectivity index (χ1) is 9.22. The highest BCUT2D eigenvalue weighted by atomic mass is 32.2. The molecule has 0 aliphatic carbocycles. The number of sulfonamides is 1. The molecule has 1 aromatic carbocycles. The van der Waals surface area contributed by atoms with Crippen LogP contribution in [0.4, 0.5) is 4.39 Å². The number of hydrogen-bond donors (Lipinski definition) is 2. The molecule has 0 bridgehead atoms. The van der Waals surface area contributed by atoms with Crippen molar-refractivity contribution in [3.8, 4) is 0 Å². The lowest BCUT2D eigenvalue weighted by atomic mass is 10.1. The Bertz CT molecular complexity index is 559. The van der Waals surface area contributed by atoms with Crippen molar-refractivity contribution in [3.05, 3.63) is 29.6 Å². The maximum Gasteiger partial charge on any atom is 0.240 e. The van der Waals surface area contributed by atoms with E-state index in [1.54, 1.807) is 20.9 Å². The number of rotatable bonds is 7. The van der Waals surface area contributed by atoms with Crippen molar-refractivity contribution >= 4 is 10.0 Å². The van der Waals surface area contributed by atoms with Gasteiger partial charge in [0.2, 0.25) is 10.0 Å². The fourth-order valence-corrected chi connectivity index (χ4v) is 2.72. The average Bonchev–Trinajstić information content (AvgIpc) is 2.39. The highest BCUT2D eigenvalue weighted by Gasteiger charge is 2.22. The van der Waals surface area contributed by atoms with Crippen LogP contribution < -0.4 is 10.0 Å². The van der Waals surface area contributed by atoms with Gasteiger partial charge in [0, 0.05) is 25.8 Å². The normalized spacial score (nSPS) is 12.7. The number of methoxy groups -OCH3 is 1. The molecule has 5 nitrogen and oxygen atoms in total. The molecular weight excluding hydrogens is 283 g/mol. The van der Waals surface area contributed by atoms with Gasteiger partial charge in [0.25, 0.3) is 0 Å². The van der Waals surface area contributed by atoms with Crippen LogP contribution in [-0.4, -0.2) is 34.7 Å². The van der Waals surface area contributed by atoms with Crippen molar-refractivity contribution in [3.63, 3.8) is 0 Å². The van der Waals surface area contributed by atoms with Gasteiger partial charge < -0.3 is 10.1 Å². The molecule has 0 amide bonds. The van der Waals surface area contributed by atoms with Gasteiger partial charge in [-0.2, -0.15) is 0 Å². The Morgan fingerprint density at radius 3 is 2.55 bits per heavy atom. The van der Waals surface area contributed by atoms with Gasteiger partial charge in [-0.1, -0.05) is 0 Å². The zero-order valence-corrected chi connectivity index (χ0v) is 13.0. The predicted molar refractivity (Wildman–Crippen MR) is 75.4 cm³/mol. The van der Waals surface area contributed by atoms with Crippen LogP contribution in [0.15, 0.2) is 23.1 Å². The van der Waals surface area contributed by atoms with Gasteiger partial charge in [-0.05, 0) is 39.1 Å². The molecule has 0 aliphatic heterocycles. The number of halogens is 1. The Morgan fingerprint density at radius 1 is 1.35 bits per heavy atom. The lowest BCUT2D eigenvalue weighted by Gasteiger charge is -2.23. The molecule has 0 unspecified atom stereocenters. The summed E-state index contributed by atoms with van der Waals surface area (Å²) in [6.45, 7) is 3.93. The standard InChI is InChI=1S/C13H21FN2O3S/c1-13(2,19-4)9-16-20(17,18)11-5-6-12(14)10(7-11)8-15-3/h5-7,15-16H,8-9H2,1-4H3. The summed E-state index contributed by atoms with van der Waals surface area (Å²) in [6, 6.07) is 3.73. The molecule has 0 radical (unpaired) electrons. The van der Waals surface area contributed by atoms with E-state index >= 15 is 0 Å². The fourth-order valence-electron chi connectivity index (χ4n) is 1.47. The molecule has 0 heterocycles. The summed E-state index contributed by atoms with van der Waals surface area (Å²) >= 11 is 0. The second-order valence-corrected chi connectivity index (χ2v) is 6.84. The molecule has 0 saturated heterocycles. The first-order valence-corrected chi connectivity index (χ1v) is 7.68. The van der Waals surface area contributed by atoms with Gasteiger partial charge in [-0.15, -0.1) is 0 Å². The molecule has 0 aliphatic rings. The quantitative estimate of drug-likeness (QED) is 0.795. The highest BCUT2D eigenvalue weighted by Crippen LogP contribution is 2.16. The smallest absolute Gasteiger partial charge is 0.240 e. The molecular formula is C13H21FN2O3S. The molecule has 0 fully saturated rings. The molecule has 0 spiro atoms. The maximum absolute atomic E-state index is 13.5. The molecule has 0 saturated carbocycles. The molecule has 0 aromatic heterocycles. The van der Waals surface area contributed by atoms with E-state index in [-0.39, 0.29) is 18.0 Å². The van der Waals surface area contributed by atoms with E-state index < -0.39 is 21.4 Å². The van der Waals surface area contributed by atoms with Crippen LogP contribution in [0, 0.1) is 5.82 Å². The largest absolute Gasteiger partial charge is 0.377 e. The molecule has 1 aromatic rings. The Balaban J connectivity index is 2.95. The minimum absolute atomic E-state index is 0.0380. The van der Waals surface area contributed by atoms with Gasteiger partial charge >= 0.3 is 0 Å². The number of nitrogens with one attached hydrogen (secondary N) is 2. The molecule has 7 heteroatoms. The third-order valence-corrected chi connectivity index (χ3v) is 4.33. The Hall–Kier alpha value is -1.02. The molecule has 20 heavy (non-hydrogen) atoms. The highest BCUT2D eigenvalue weighted by molar-refractivity contribution is 7.89. The van der Waals surface area contributed by atoms with Crippen LogP contribution in [-0.2, 0) is 21.3 Å². The first-order valence-electron chi connectivity index (χ1n) is 6.20. The zero-order chi connectivity index (χ0) is 15.4. The van der Waals surface area contributed by atoms with Crippen molar-refractivity contribution in [1.82, 2.24) is 10.0 Å². The third-order valence-electron chi connectivity index (χ3n) is 2.94. The number of hydrogen-bond acceptors (Lipinski definition) is 4. The molecule has 2 N–H and O–H groups in total. The van der Waals surface area contributed by atoms with E-state index in [4.69, 9.17) is 4.74 Å². The third kappa shape index (κ3) is 4.52. The monoisotopic (exact) mass is 304 g/mol. The van der Waals surface area contributed by atoms with Crippen LogP contribution in [0.25, 0.3) is 0 Å². The number of benzene rings is 1. The van der Waals surface area contributed by atoms with E-state index in [1.807, 2.05) is 0 Å². The number of ether oxygens (including phenoxy) is 1. The van der Waals surface area contributed by atoms with E-state index in [0.29, 0.717) is 5.56 Å². The van der Waals surface area contributed by atoms with Gasteiger partial charge in [-0.25, -0.2) is 17.5 Å². The van der Waals surface area contributed by atoms with Gasteiger partial charge in [-0.3, -0.25) is 0 Å². The topological polar surface area (TPSA) is 67.4 Å². The van der Waals surface area contributed by atoms with Crippen molar-refractivity contribution < 1.29 is 17.5 Å². The fraction of sp³-hybridized carbons (Fsp3) is 0.538. The first kappa shape index (κ1) is 17.0. The van der Waals surface area contributed by atoms with Crippen molar-refractivity contribution in [2.75, 3.05) is 20.7 Å². The summed E-state index contributed by atoms with van der Waals surface area (Å²) in [4.78, 5) is 0.0380. The molecule has 114 valence electrons. The summed E-state index contributed by atoms with van der Waals surface area (Å²) in [6.07, 6.45) is 0. The van der Waals surface area contributed by atoms with Crippen LogP contribution in [0.3, 0.4) is 0 Å². The zero-order valence-electron chi connectivity index (χ0n) is 12.2. The predicted octanol–water partition coefficient (Wildman–Crippen LogP) is 1.25. The van der Waals surface area contributed by atoms with E-state index in [9.17, 15) is 12.8 Å². The summed E-state index contributed by atoms with van der Waals surface area (Å²) in [5, 5.41) is 2.79. The van der Waals surface area contributed by atoms with E-state index in [2.05, 4.69) is 10.0 Å². The molecule has 1 rings (SSSR count). The van der Waals surface area contributed by atoms with Crippen LogP contribution in [0.1, 0.15) is 19.4 Å². The minimum atomic E-state index is -3.69. The lowest BCUT2D eigenvalue weighted by molar-refractivity contribution is 0.0276. The Labute approximate surface area is 119 Å². The van der Waals surface area contributed by atoms with Gasteiger partial charge in [0.15, 0.2) is 0 Å². The summed E-state index contributed by atoms with van der Waals surface area (Å²) in [7, 11) is -0.508. The summed E-state index contributed by atoms with van der Waals surface area (Å²) in [5.74, 6) is -0.435. The summed E-state index contributed by atoms with van der Waals surface area (Å²) in [5.41, 5.74) is -0.303. The Morgan fingerprint density at radius 2 is 2.00 bits per heavy atom. The van der Waals surface area contributed by atoms with Crippen molar-refractivity contribution in [1.29, 1.82) is 0 Å². The van der Waals surface area contributed by atoms with Crippen LogP contribution >= 0.6 is 0 Å². The SMILES string of the molecule is CNCc1cc(S(=O)(=O)NCC(C)(C)OC)ccc1F. The maximum atomic E-state index is 13.5. The summed E-state index contributed by atoms with van der Waals surface area (Å²) < 4.78 is 45.4. The minimum Gasteiger partial charge on any atom is -0.377 e. The second kappa shape index (κ2) is 6.62. The van der Waals surface area contributed by atoms with Crippen molar-refractivity contribution in [2.45, 2.75) is 30.9 Å². The second-order valence-electron chi connectivity index (χ2n) is 5.07. The lowest BCUT2D eigenvalue weighted by Crippen LogP contribution is -2.39. The van der Waals surface area contributed by atoms with Gasteiger partial charge in [0.1, 0.15) is 5.82 Å². The van der Waals surface area contributed by atoms with E-state index in [1.165, 1.54) is 19.2 Å². The van der Waals surface area contributed by atoms with Gasteiger partial charge in [0.05, 0.1) is 10.5 Å². The van der Waals surface area contributed by atoms with Crippen LogP contribution in [0.5, 0.6) is 0 Å². The van der Waals surface area contributed by atoms with Crippen LogP contribution in [0.2, 0.25) is 0 Å². The van der Waals surface area contributed by atoms with Crippen molar-refractivity contribution in [2.24, 2.45) is 0 Å². The average molecular weight is 304 g/mol.